The SMILES string of the molecule is COCCn1c(=NC(=O)c2cccc(F)c2)sc2c(C)cc(C)cc21. The van der Waals surface area contributed by atoms with Gasteiger partial charge in [0.2, 0.25) is 0 Å². The average molecular weight is 358 g/mol. The van der Waals surface area contributed by atoms with E-state index >= 15 is 0 Å². The molecule has 0 bridgehead atoms. The Bertz CT molecular complexity index is 1000. The molecule has 0 radical (unpaired) electrons. The van der Waals surface area contributed by atoms with Gasteiger partial charge in [-0.15, -0.1) is 0 Å². The van der Waals surface area contributed by atoms with E-state index in [1.165, 1.54) is 29.5 Å². The molecule has 0 fully saturated rings. The van der Waals surface area contributed by atoms with Gasteiger partial charge in [0.05, 0.1) is 16.8 Å². The van der Waals surface area contributed by atoms with Crippen molar-refractivity contribution >= 4 is 27.5 Å². The number of amides is 1. The molecule has 130 valence electrons. The first-order valence-electron chi connectivity index (χ1n) is 7.94. The van der Waals surface area contributed by atoms with Crippen molar-refractivity contribution in [2.75, 3.05) is 13.7 Å². The molecule has 0 aliphatic heterocycles. The summed E-state index contributed by atoms with van der Waals surface area (Å²) in [6.07, 6.45) is 0. The fraction of sp³-hybridized carbons (Fsp3) is 0.263. The van der Waals surface area contributed by atoms with E-state index in [9.17, 15) is 9.18 Å². The summed E-state index contributed by atoms with van der Waals surface area (Å²) in [7, 11) is 1.64. The highest BCUT2D eigenvalue weighted by Crippen LogP contribution is 2.23. The van der Waals surface area contributed by atoms with Crippen molar-refractivity contribution in [3.8, 4) is 0 Å². The van der Waals surface area contributed by atoms with E-state index in [0.29, 0.717) is 18.0 Å². The van der Waals surface area contributed by atoms with Gasteiger partial charge in [-0.3, -0.25) is 4.79 Å². The zero-order chi connectivity index (χ0) is 18.0. The van der Waals surface area contributed by atoms with E-state index in [1.807, 2.05) is 18.4 Å². The van der Waals surface area contributed by atoms with Crippen LogP contribution in [-0.2, 0) is 11.3 Å². The van der Waals surface area contributed by atoms with E-state index in [-0.39, 0.29) is 5.56 Å². The Morgan fingerprint density at radius 1 is 1.28 bits per heavy atom. The van der Waals surface area contributed by atoms with Crippen LogP contribution >= 0.6 is 11.3 Å². The number of hydrogen-bond acceptors (Lipinski definition) is 3. The summed E-state index contributed by atoms with van der Waals surface area (Å²) in [4.78, 5) is 17.3. The molecule has 4 nitrogen and oxygen atoms in total. The van der Waals surface area contributed by atoms with Gasteiger partial charge in [0.1, 0.15) is 5.82 Å². The maximum atomic E-state index is 13.4. The number of halogens is 1. The molecule has 0 spiro atoms. The van der Waals surface area contributed by atoms with Gasteiger partial charge in [-0.25, -0.2) is 4.39 Å². The summed E-state index contributed by atoms with van der Waals surface area (Å²) in [5.41, 5.74) is 3.57. The van der Waals surface area contributed by atoms with Crippen LogP contribution in [-0.4, -0.2) is 24.2 Å². The lowest BCUT2D eigenvalue weighted by Gasteiger charge is -2.06. The second-order valence-corrected chi connectivity index (χ2v) is 6.86. The molecule has 1 aromatic heterocycles. The fourth-order valence-electron chi connectivity index (χ4n) is 2.77. The molecule has 0 saturated heterocycles. The first-order chi connectivity index (χ1) is 12.0. The van der Waals surface area contributed by atoms with Gasteiger partial charge in [-0.05, 0) is 49.2 Å². The molecule has 2 aromatic carbocycles. The number of fused-ring (bicyclic) bond motifs is 1. The van der Waals surface area contributed by atoms with Gasteiger partial charge in [0.25, 0.3) is 5.91 Å². The number of nitrogens with zero attached hydrogens (tertiary/aromatic N) is 2. The van der Waals surface area contributed by atoms with E-state index in [1.54, 1.807) is 13.2 Å². The molecule has 3 rings (SSSR count). The number of benzene rings is 2. The number of ether oxygens (including phenoxy) is 1. The first-order valence-corrected chi connectivity index (χ1v) is 8.75. The summed E-state index contributed by atoms with van der Waals surface area (Å²) in [5.74, 6) is -0.900. The minimum atomic E-state index is -0.452. The third-order valence-electron chi connectivity index (χ3n) is 3.90. The molecular weight excluding hydrogens is 339 g/mol. The quantitative estimate of drug-likeness (QED) is 0.711. The summed E-state index contributed by atoms with van der Waals surface area (Å²) in [5, 5.41) is 0. The van der Waals surface area contributed by atoms with Crippen LogP contribution in [0.3, 0.4) is 0 Å². The number of thiazole rings is 1. The predicted octanol–water partition coefficient (Wildman–Crippen LogP) is 3.85. The Morgan fingerprint density at radius 3 is 2.80 bits per heavy atom. The van der Waals surface area contributed by atoms with E-state index in [2.05, 4.69) is 17.1 Å². The number of carbonyl (C=O) groups excluding carboxylic acids is 1. The number of carbonyl (C=O) groups is 1. The molecule has 6 heteroatoms. The van der Waals surface area contributed by atoms with Gasteiger partial charge in [-0.1, -0.05) is 23.5 Å². The van der Waals surface area contributed by atoms with Crippen LogP contribution in [0.4, 0.5) is 4.39 Å². The second kappa shape index (κ2) is 7.29. The molecule has 0 unspecified atom stereocenters. The van der Waals surface area contributed by atoms with E-state index in [0.717, 1.165) is 21.3 Å². The fourth-order valence-corrected chi connectivity index (χ4v) is 3.87. The predicted molar refractivity (Wildman–Crippen MR) is 97.5 cm³/mol. The van der Waals surface area contributed by atoms with Gasteiger partial charge in [0.15, 0.2) is 4.80 Å². The van der Waals surface area contributed by atoms with Gasteiger partial charge < -0.3 is 9.30 Å². The maximum absolute atomic E-state index is 13.4. The van der Waals surface area contributed by atoms with Gasteiger partial charge >= 0.3 is 0 Å². The van der Waals surface area contributed by atoms with Crippen molar-refractivity contribution in [3.63, 3.8) is 0 Å². The third-order valence-corrected chi connectivity index (χ3v) is 5.13. The molecular formula is C19H19FN2O2S. The highest BCUT2D eigenvalue weighted by molar-refractivity contribution is 7.16. The summed E-state index contributed by atoms with van der Waals surface area (Å²) >= 11 is 1.46. The van der Waals surface area contributed by atoms with Crippen LogP contribution in [0.5, 0.6) is 0 Å². The van der Waals surface area contributed by atoms with Gasteiger partial charge in [-0.2, -0.15) is 4.99 Å². The normalized spacial score (nSPS) is 12.1. The standard InChI is InChI=1S/C19H19FN2O2S/c1-12-9-13(2)17-16(10-12)22(7-8-24-3)19(25-17)21-18(23)14-5-4-6-15(20)11-14/h4-6,9-11H,7-8H2,1-3H3. The Morgan fingerprint density at radius 2 is 2.08 bits per heavy atom. The monoisotopic (exact) mass is 358 g/mol. The molecule has 0 saturated carbocycles. The molecule has 1 heterocycles. The molecule has 25 heavy (non-hydrogen) atoms. The minimum absolute atomic E-state index is 0.239. The molecule has 3 aromatic rings. The lowest BCUT2D eigenvalue weighted by atomic mass is 10.1. The van der Waals surface area contributed by atoms with Gasteiger partial charge in [0, 0.05) is 19.2 Å². The molecule has 1 amide bonds. The number of aromatic nitrogens is 1. The Kier molecular flexibility index (Phi) is 5.11. The lowest BCUT2D eigenvalue weighted by Crippen LogP contribution is -2.19. The highest BCUT2D eigenvalue weighted by atomic mass is 32.1. The van der Waals surface area contributed by atoms with Crippen molar-refractivity contribution in [3.05, 3.63) is 63.7 Å². The molecule has 0 aliphatic carbocycles. The maximum Gasteiger partial charge on any atom is 0.279 e. The van der Waals surface area contributed by atoms with E-state index in [4.69, 9.17) is 4.74 Å². The molecule has 0 aliphatic rings. The Balaban J connectivity index is 2.17. The van der Waals surface area contributed by atoms with Crippen LogP contribution in [0.25, 0.3) is 10.2 Å². The average Bonchev–Trinajstić information content (AvgIpc) is 2.90. The van der Waals surface area contributed by atoms with Crippen LogP contribution < -0.4 is 4.80 Å². The zero-order valence-corrected chi connectivity index (χ0v) is 15.2. The smallest absolute Gasteiger partial charge is 0.279 e. The lowest BCUT2D eigenvalue weighted by molar-refractivity contribution is 0.0997. The zero-order valence-electron chi connectivity index (χ0n) is 14.4. The van der Waals surface area contributed by atoms with Crippen LogP contribution in [0.15, 0.2) is 41.4 Å². The topological polar surface area (TPSA) is 43.6 Å². The highest BCUT2D eigenvalue weighted by Gasteiger charge is 2.12. The van der Waals surface area contributed by atoms with Crippen molar-refractivity contribution in [1.82, 2.24) is 4.57 Å². The van der Waals surface area contributed by atoms with Crippen LogP contribution in [0, 0.1) is 19.7 Å². The third kappa shape index (κ3) is 3.70. The van der Waals surface area contributed by atoms with Crippen molar-refractivity contribution in [2.24, 2.45) is 4.99 Å². The number of aryl methyl sites for hydroxylation is 2. The largest absolute Gasteiger partial charge is 0.383 e. The summed E-state index contributed by atoms with van der Waals surface area (Å²) in [6, 6.07) is 9.78. The number of rotatable bonds is 4. The first kappa shape index (κ1) is 17.5. The Hall–Kier alpha value is -2.31. The van der Waals surface area contributed by atoms with Crippen molar-refractivity contribution < 1.29 is 13.9 Å². The van der Waals surface area contributed by atoms with Crippen molar-refractivity contribution in [1.29, 1.82) is 0 Å². The molecule has 0 atom stereocenters. The van der Waals surface area contributed by atoms with Crippen LogP contribution in [0.2, 0.25) is 0 Å². The Labute approximate surface area is 149 Å². The number of methoxy groups -OCH3 is 1. The summed E-state index contributed by atoms with van der Waals surface area (Å²) in [6.45, 7) is 5.19. The van der Waals surface area contributed by atoms with E-state index < -0.39 is 11.7 Å². The van der Waals surface area contributed by atoms with Crippen LogP contribution in [0.1, 0.15) is 21.5 Å². The molecule has 0 N–H and O–H groups in total. The van der Waals surface area contributed by atoms with Crippen molar-refractivity contribution in [2.45, 2.75) is 20.4 Å². The minimum Gasteiger partial charge on any atom is -0.383 e. The number of hydrogen-bond donors (Lipinski definition) is 0. The second-order valence-electron chi connectivity index (χ2n) is 5.89. The summed E-state index contributed by atoms with van der Waals surface area (Å²) < 4.78 is 21.6.